The lowest BCUT2D eigenvalue weighted by molar-refractivity contribution is -0.167. The highest BCUT2D eigenvalue weighted by Crippen LogP contribution is 2.34. The predicted octanol–water partition coefficient (Wildman–Crippen LogP) is 2.65. The number of likely N-dealkylation sites (tertiary alicyclic amines) is 1. The molecular formula is C13H16ClF2NO2. The summed E-state index contributed by atoms with van der Waals surface area (Å²) in [4.78, 5) is 12.6. The summed E-state index contributed by atoms with van der Waals surface area (Å²) in [5.74, 6) is -6.12. The van der Waals surface area contributed by atoms with Gasteiger partial charge in [-0.1, -0.05) is 30.3 Å². The first-order chi connectivity index (χ1) is 8.49. The van der Waals surface area contributed by atoms with Crippen molar-refractivity contribution in [2.75, 3.05) is 13.1 Å². The van der Waals surface area contributed by atoms with Crippen LogP contribution < -0.4 is 0 Å². The molecule has 19 heavy (non-hydrogen) atoms. The lowest BCUT2D eigenvalue weighted by Crippen LogP contribution is -2.49. The van der Waals surface area contributed by atoms with E-state index in [2.05, 4.69) is 0 Å². The van der Waals surface area contributed by atoms with Gasteiger partial charge < -0.3 is 5.11 Å². The van der Waals surface area contributed by atoms with Gasteiger partial charge in [0.25, 0.3) is 5.92 Å². The fourth-order valence-electron chi connectivity index (χ4n) is 2.21. The number of piperidine rings is 1. The van der Waals surface area contributed by atoms with E-state index in [1.165, 1.54) is 0 Å². The summed E-state index contributed by atoms with van der Waals surface area (Å²) >= 11 is 0. The Morgan fingerprint density at radius 2 is 2.00 bits per heavy atom. The highest BCUT2D eigenvalue weighted by Gasteiger charge is 2.48. The smallest absolute Gasteiger partial charge is 0.313 e. The fourth-order valence-corrected chi connectivity index (χ4v) is 2.21. The van der Waals surface area contributed by atoms with E-state index in [4.69, 9.17) is 5.11 Å². The van der Waals surface area contributed by atoms with Crippen LogP contribution in [-0.4, -0.2) is 35.0 Å². The maximum atomic E-state index is 13.4. The zero-order valence-corrected chi connectivity index (χ0v) is 11.1. The van der Waals surface area contributed by atoms with Crippen LogP contribution in [0.2, 0.25) is 0 Å². The lowest BCUT2D eigenvalue weighted by atomic mass is 9.93. The molecule has 1 heterocycles. The molecule has 6 heteroatoms. The first kappa shape index (κ1) is 15.9. The Morgan fingerprint density at radius 3 is 2.58 bits per heavy atom. The standard InChI is InChI=1S/C13H15F2NO2.ClH/c14-13(15)6-7-16(9-11(13)12(17)18)8-10-4-2-1-3-5-10;/h1-5,11H,6-9H2,(H,17,18);1H. The lowest BCUT2D eigenvalue weighted by Gasteiger charge is -2.36. The number of alkyl halides is 2. The summed E-state index contributed by atoms with van der Waals surface area (Å²) in [7, 11) is 0. The van der Waals surface area contributed by atoms with Gasteiger partial charge in [-0.05, 0) is 5.56 Å². The first-order valence-corrected chi connectivity index (χ1v) is 5.86. The summed E-state index contributed by atoms with van der Waals surface area (Å²) < 4.78 is 26.8. The topological polar surface area (TPSA) is 40.5 Å². The molecule has 1 aromatic rings. The molecule has 1 saturated heterocycles. The molecule has 0 amide bonds. The van der Waals surface area contributed by atoms with Crippen molar-refractivity contribution in [3.8, 4) is 0 Å². The van der Waals surface area contributed by atoms with Crippen LogP contribution in [0.15, 0.2) is 30.3 Å². The maximum Gasteiger partial charge on any atom is 0.313 e. The van der Waals surface area contributed by atoms with Crippen molar-refractivity contribution in [3.63, 3.8) is 0 Å². The number of carboxylic acid groups (broad SMARTS) is 1. The van der Waals surface area contributed by atoms with E-state index in [0.29, 0.717) is 6.54 Å². The maximum absolute atomic E-state index is 13.4. The first-order valence-electron chi connectivity index (χ1n) is 5.86. The van der Waals surface area contributed by atoms with Crippen LogP contribution in [0.4, 0.5) is 8.78 Å². The largest absolute Gasteiger partial charge is 0.481 e. The average molecular weight is 292 g/mol. The van der Waals surface area contributed by atoms with Crippen molar-refractivity contribution in [1.29, 1.82) is 0 Å². The second kappa shape index (κ2) is 6.30. The normalized spacial score (nSPS) is 22.5. The fraction of sp³-hybridized carbons (Fsp3) is 0.462. The Labute approximate surface area is 116 Å². The summed E-state index contributed by atoms with van der Waals surface area (Å²) in [5.41, 5.74) is 1.01. The van der Waals surface area contributed by atoms with Crippen molar-refractivity contribution in [2.24, 2.45) is 5.92 Å². The molecule has 1 N–H and O–H groups in total. The molecule has 3 nitrogen and oxygen atoms in total. The third-order valence-electron chi connectivity index (χ3n) is 3.26. The third-order valence-corrected chi connectivity index (χ3v) is 3.26. The van der Waals surface area contributed by atoms with Crippen molar-refractivity contribution < 1.29 is 18.7 Å². The summed E-state index contributed by atoms with van der Waals surface area (Å²) in [6, 6.07) is 9.45. The van der Waals surface area contributed by atoms with Gasteiger partial charge in [0.2, 0.25) is 0 Å². The second-order valence-corrected chi connectivity index (χ2v) is 4.62. The van der Waals surface area contributed by atoms with Crippen LogP contribution in [0.3, 0.4) is 0 Å². The summed E-state index contributed by atoms with van der Waals surface area (Å²) in [6.45, 7) is 0.642. The monoisotopic (exact) mass is 291 g/mol. The van der Waals surface area contributed by atoms with Gasteiger partial charge in [0.15, 0.2) is 0 Å². The van der Waals surface area contributed by atoms with Crippen LogP contribution in [0.25, 0.3) is 0 Å². The van der Waals surface area contributed by atoms with Gasteiger partial charge in [0.05, 0.1) is 0 Å². The predicted molar refractivity (Wildman–Crippen MR) is 69.7 cm³/mol. The molecule has 0 radical (unpaired) electrons. The number of hydrogen-bond donors (Lipinski definition) is 1. The van der Waals surface area contributed by atoms with Crippen LogP contribution in [0.5, 0.6) is 0 Å². The minimum absolute atomic E-state index is 0. The Hall–Kier alpha value is -1.20. The van der Waals surface area contributed by atoms with Crippen LogP contribution in [0.1, 0.15) is 12.0 Å². The van der Waals surface area contributed by atoms with E-state index in [0.717, 1.165) is 5.56 Å². The quantitative estimate of drug-likeness (QED) is 0.931. The Balaban J connectivity index is 0.00000180. The highest BCUT2D eigenvalue weighted by molar-refractivity contribution is 5.85. The number of carbonyl (C=O) groups is 1. The van der Waals surface area contributed by atoms with E-state index in [-0.39, 0.29) is 25.5 Å². The molecule has 1 aliphatic heterocycles. The van der Waals surface area contributed by atoms with Crippen molar-refractivity contribution in [1.82, 2.24) is 4.90 Å². The number of carboxylic acids is 1. The molecule has 0 aliphatic carbocycles. The van der Waals surface area contributed by atoms with Gasteiger partial charge in [-0.3, -0.25) is 9.69 Å². The number of nitrogens with zero attached hydrogens (tertiary/aromatic N) is 1. The van der Waals surface area contributed by atoms with Gasteiger partial charge in [0.1, 0.15) is 5.92 Å². The Bertz CT molecular complexity index is 428. The molecule has 1 aliphatic rings. The highest BCUT2D eigenvalue weighted by atomic mass is 35.5. The van der Waals surface area contributed by atoms with E-state index >= 15 is 0 Å². The summed E-state index contributed by atoms with van der Waals surface area (Å²) in [5, 5.41) is 8.85. The molecule has 0 spiro atoms. The van der Waals surface area contributed by atoms with Crippen molar-refractivity contribution >= 4 is 18.4 Å². The molecule has 1 unspecified atom stereocenters. The van der Waals surface area contributed by atoms with Gasteiger partial charge in [0, 0.05) is 26.1 Å². The van der Waals surface area contributed by atoms with Gasteiger partial charge in [-0.15, -0.1) is 12.4 Å². The van der Waals surface area contributed by atoms with E-state index < -0.39 is 24.2 Å². The molecule has 0 aromatic heterocycles. The van der Waals surface area contributed by atoms with Gasteiger partial charge in [-0.25, -0.2) is 8.78 Å². The minimum Gasteiger partial charge on any atom is -0.481 e. The van der Waals surface area contributed by atoms with E-state index in [9.17, 15) is 13.6 Å². The van der Waals surface area contributed by atoms with Gasteiger partial charge in [-0.2, -0.15) is 0 Å². The molecule has 1 atom stereocenters. The molecule has 1 fully saturated rings. The Kier molecular flexibility index (Phi) is 5.26. The Morgan fingerprint density at radius 1 is 1.37 bits per heavy atom. The van der Waals surface area contributed by atoms with Crippen LogP contribution >= 0.6 is 12.4 Å². The summed E-state index contributed by atoms with van der Waals surface area (Å²) in [6.07, 6.45) is -0.392. The second-order valence-electron chi connectivity index (χ2n) is 4.62. The average Bonchev–Trinajstić information content (AvgIpc) is 2.32. The number of rotatable bonds is 3. The van der Waals surface area contributed by atoms with Crippen LogP contribution in [-0.2, 0) is 11.3 Å². The molecule has 1 aromatic carbocycles. The zero-order valence-electron chi connectivity index (χ0n) is 10.3. The molecule has 2 rings (SSSR count). The third kappa shape index (κ3) is 3.88. The van der Waals surface area contributed by atoms with Crippen LogP contribution in [0, 0.1) is 5.92 Å². The minimum atomic E-state index is -3.10. The number of halogens is 3. The molecular weight excluding hydrogens is 276 g/mol. The van der Waals surface area contributed by atoms with E-state index in [1.807, 2.05) is 30.3 Å². The number of aliphatic carboxylic acids is 1. The zero-order chi connectivity index (χ0) is 13.2. The van der Waals surface area contributed by atoms with Crippen molar-refractivity contribution in [3.05, 3.63) is 35.9 Å². The number of benzene rings is 1. The molecule has 0 saturated carbocycles. The van der Waals surface area contributed by atoms with E-state index in [1.54, 1.807) is 4.90 Å². The van der Waals surface area contributed by atoms with Gasteiger partial charge >= 0.3 is 5.97 Å². The molecule has 0 bridgehead atoms. The molecule has 106 valence electrons. The number of hydrogen-bond acceptors (Lipinski definition) is 2. The van der Waals surface area contributed by atoms with Crippen molar-refractivity contribution in [2.45, 2.75) is 18.9 Å². The SMILES string of the molecule is Cl.O=C(O)C1CN(Cc2ccccc2)CCC1(F)F.